The molecule has 0 aromatic rings. The lowest BCUT2D eigenvalue weighted by Gasteiger charge is -2.29. The predicted octanol–water partition coefficient (Wildman–Crippen LogP) is 6.04. The molecule has 0 saturated heterocycles. The third-order valence-corrected chi connectivity index (χ3v) is 10.3. The van der Waals surface area contributed by atoms with Gasteiger partial charge in [0.05, 0.1) is 0 Å². The third-order valence-electron chi connectivity index (χ3n) is 4.82. The van der Waals surface area contributed by atoms with Crippen LogP contribution in [0, 0.1) is 0 Å². The van der Waals surface area contributed by atoms with Gasteiger partial charge in [-0.2, -0.15) is 0 Å². The predicted molar refractivity (Wildman–Crippen MR) is 123 cm³/mol. The lowest BCUT2D eigenvalue weighted by Crippen LogP contribution is -2.40. The van der Waals surface area contributed by atoms with Crippen LogP contribution in [0.15, 0.2) is 0 Å². The molecule has 0 fully saturated rings. The van der Waals surface area contributed by atoms with E-state index in [9.17, 15) is 0 Å². The van der Waals surface area contributed by atoms with Gasteiger partial charge in [0, 0.05) is 19.8 Å². The summed E-state index contributed by atoms with van der Waals surface area (Å²) in [5, 5.41) is 0. The van der Waals surface area contributed by atoms with Crippen LogP contribution in [0.3, 0.4) is 0 Å². The Morgan fingerprint density at radius 1 is 0.593 bits per heavy atom. The van der Waals surface area contributed by atoms with Crippen LogP contribution in [0.5, 0.6) is 0 Å². The van der Waals surface area contributed by atoms with Gasteiger partial charge in [-0.05, 0) is 89.9 Å². The molecule has 164 valence electrons. The highest BCUT2D eigenvalue weighted by Gasteiger charge is 2.30. The maximum Gasteiger partial charge on any atom is 0.334 e. The van der Waals surface area contributed by atoms with E-state index >= 15 is 0 Å². The molecule has 0 radical (unpaired) electrons. The van der Waals surface area contributed by atoms with Gasteiger partial charge in [-0.25, -0.2) is 0 Å². The topological polar surface area (TPSA) is 30.9 Å². The van der Waals surface area contributed by atoms with Crippen molar-refractivity contribution < 1.29 is 13.3 Å². The van der Waals surface area contributed by atoms with Crippen LogP contribution in [0.4, 0.5) is 0 Å². The normalized spacial score (nSPS) is 12.9. The zero-order chi connectivity index (χ0) is 20.6. The van der Waals surface area contributed by atoms with Crippen molar-refractivity contribution >= 4 is 16.9 Å². The van der Waals surface area contributed by atoms with Crippen molar-refractivity contribution in [3.8, 4) is 0 Å². The number of nitrogens with zero attached hydrogens (tertiary/aromatic N) is 1. The molecule has 6 heteroatoms. The first kappa shape index (κ1) is 27.3. The molecule has 0 aliphatic carbocycles. The van der Waals surface area contributed by atoms with Gasteiger partial charge in [0.15, 0.2) is 8.32 Å². The maximum atomic E-state index is 6.17. The quantitative estimate of drug-likeness (QED) is 0.239. The van der Waals surface area contributed by atoms with Crippen LogP contribution in [-0.4, -0.2) is 61.2 Å². The zero-order valence-corrected chi connectivity index (χ0v) is 21.6. The smallest absolute Gasteiger partial charge is 0.334 e. The molecular weight excluding hydrogens is 370 g/mol. The van der Waals surface area contributed by atoms with E-state index in [4.69, 9.17) is 13.3 Å². The summed E-state index contributed by atoms with van der Waals surface area (Å²) in [5.74, 6) is 0. The van der Waals surface area contributed by atoms with Gasteiger partial charge in [0.1, 0.15) is 0 Å². The van der Waals surface area contributed by atoms with E-state index in [0.717, 1.165) is 45.1 Å². The second-order valence-electron chi connectivity index (χ2n) is 8.49. The van der Waals surface area contributed by atoms with Crippen molar-refractivity contribution in [2.24, 2.45) is 0 Å². The minimum absolute atomic E-state index is 0.836. The van der Waals surface area contributed by atoms with Crippen molar-refractivity contribution in [3.05, 3.63) is 0 Å². The summed E-state index contributed by atoms with van der Waals surface area (Å²) in [4.78, 5) is 2.64. The van der Waals surface area contributed by atoms with Gasteiger partial charge in [-0.1, -0.05) is 27.7 Å². The standard InChI is InChI=1S/C21H49NO3Si2/c1-8-14-22(15-12-20-26(5,6)23-17-9-2)16-13-21-27(7,24-18-10-3)25-19-11-4/h8-21H2,1-7H3. The molecule has 0 aromatic heterocycles. The van der Waals surface area contributed by atoms with E-state index in [0.29, 0.717) is 0 Å². The highest BCUT2D eigenvalue weighted by Crippen LogP contribution is 2.19. The Morgan fingerprint density at radius 2 is 1.07 bits per heavy atom. The van der Waals surface area contributed by atoms with E-state index in [1.54, 1.807) is 0 Å². The number of hydrogen-bond acceptors (Lipinski definition) is 4. The Balaban J connectivity index is 4.34. The average molecular weight is 420 g/mol. The van der Waals surface area contributed by atoms with E-state index in [-0.39, 0.29) is 0 Å². The summed E-state index contributed by atoms with van der Waals surface area (Å²) in [6.45, 7) is 22.0. The molecule has 27 heavy (non-hydrogen) atoms. The van der Waals surface area contributed by atoms with Crippen LogP contribution in [0.1, 0.15) is 66.2 Å². The van der Waals surface area contributed by atoms with Gasteiger partial charge in [-0.15, -0.1) is 0 Å². The molecule has 0 bridgehead atoms. The van der Waals surface area contributed by atoms with E-state index in [2.05, 4.69) is 52.2 Å². The minimum atomic E-state index is -2.00. The molecule has 0 saturated carbocycles. The highest BCUT2D eigenvalue weighted by atomic mass is 28.4. The fraction of sp³-hybridized carbons (Fsp3) is 1.00. The largest absolute Gasteiger partial charge is 0.417 e. The maximum absolute atomic E-state index is 6.17. The monoisotopic (exact) mass is 419 g/mol. The summed E-state index contributed by atoms with van der Waals surface area (Å²) < 4.78 is 18.5. The molecule has 0 heterocycles. The van der Waals surface area contributed by atoms with Crippen molar-refractivity contribution in [2.75, 3.05) is 39.5 Å². The molecule has 0 amide bonds. The second kappa shape index (κ2) is 16.1. The first-order chi connectivity index (χ1) is 12.8. The molecule has 0 spiro atoms. The minimum Gasteiger partial charge on any atom is -0.417 e. The molecule has 0 aromatic carbocycles. The second-order valence-corrected chi connectivity index (χ2v) is 16.1. The van der Waals surface area contributed by atoms with Crippen LogP contribution in [0.25, 0.3) is 0 Å². The summed E-state index contributed by atoms with van der Waals surface area (Å²) in [5.41, 5.74) is 0. The van der Waals surface area contributed by atoms with Crippen LogP contribution in [-0.2, 0) is 13.3 Å². The van der Waals surface area contributed by atoms with Crippen LogP contribution >= 0.6 is 0 Å². The van der Waals surface area contributed by atoms with Crippen molar-refractivity contribution in [3.63, 3.8) is 0 Å². The summed E-state index contributed by atoms with van der Waals surface area (Å²) in [6.07, 6.45) is 6.93. The van der Waals surface area contributed by atoms with Crippen molar-refractivity contribution in [2.45, 2.75) is 97.9 Å². The van der Waals surface area contributed by atoms with E-state index < -0.39 is 16.9 Å². The molecular formula is C21H49NO3Si2. The number of rotatable bonds is 19. The molecule has 0 unspecified atom stereocenters. The summed E-state index contributed by atoms with van der Waals surface area (Å²) in [7, 11) is -3.46. The highest BCUT2D eigenvalue weighted by molar-refractivity contribution is 6.71. The molecule has 4 nitrogen and oxygen atoms in total. The fourth-order valence-electron chi connectivity index (χ4n) is 3.28. The first-order valence-electron chi connectivity index (χ1n) is 11.5. The fourth-order valence-corrected chi connectivity index (χ4v) is 7.63. The van der Waals surface area contributed by atoms with E-state index in [1.807, 2.05) is 0 Å². The zero-order valence-electron chi connectivity index (χ0n) is 19.6. The van der Waals surface area contributed by atoms with E-state index in [1.165, 1.54) is 44.9 Å². The van der Waals surface area contributed by atoms with Crippen molar-refractivity contribution in [1.29, 1.82) is 0 Å². The lowest BCUT2D eigenvalue weighted by atomic mass is 10.3. The Bertz CT molecular complexity index is 335. The van der Waals surface area contributed by atoms with Gasteiger partial charge < -0.3 is 18.2 Å². The molecule has 0 atom stereocenters. The first-order valence-corrected chi connectivity index (χ1v) is 17.1. The van der Waals surface area contributed by atoms with Crippen LogP contribution in [0.2, 0.25) is 31.7 Å². The lowest BCUT2D eigenvalue weighted by molar-refractivity contribution is 0.170. The average Bonchev–Trinajstić information content (AvgIpc) is 2.63. The SMILES string of the molecule is CCCO[Si](C)(C)CCCN(CCC)CCC[Si](C)(OCCC)OCCC. The molecule has 0 aliphatic heterocycles. The summed E-state index contributed by atoms with van der Waals surface area (Å²) in [6, 6.07) is 2.37. The molecule has 0 aliphatic rings. The van der Waals surface area contributed by atoms with Gasteiger partial charge in [0.2, 0.25) is 0 Å². The van der Waals surface area contributed by atoms with Crippen LogP contribution < -0.4 is 0 Å². The Kier molecular flexibility index (Phi) is 16.3. The summed E-state index contributed by atoms with van der Waals surface area (Å²) >= 11 is 0. The van der Waals surface area contributed by atoms with Gasteiger partial charge >= 0.3 is 8.56 Å². The van der Waals surface area contributed by atoms with Crippen molar-refractivity contribution in [1.82, 2.24) is 4.90 Å². The molecule has 0 rings (SSSR count). The van der Waals surface area contributed by atoms with Gasteiger partial charge in [-0.3, -0.25) is 0 Å². The third kappa shape index (κ3) is 14.9. The van der Waals surface area contributed by atoms with Gasteiger partial charge in [0.25, 0.3) is 0 Å². The Labute approximate surface area is 172 Å². The molecule has 0 N–H and O–H groups in total. The number of hydrogen-bond donors (Lipinski definition) is 0. The Hall–Kier alpha value is 0.274. The Morgan fingerprint density at radius 3 is 1.56 bits per heavy atom.